The quantitative estimate of drug-likeness (QED) is 0.318. The van der Waals surface area contributed by atoms with Crippen LogP contribution in [0.5, 0.6) is 5.75 Å². The Morgan fingerprint density at radius 1 is 1.47 bits per heavy atom. The minimum Gasteiger partial charge on any atom is -0.492 e. The smallest absolute Gasteiger partial charge is 0.137 e. The van der Waals surface area contributed by atoms with Gasteiger partial charge in [0.2, 0.25) is 0 Å². The van der Waals surface area contributed by atoms with Crippen molar-refractivity contribution in [3.63, 3.8) is 0 Å². The van der Waals surface area contributed by atoms with E-state index in [4.69, 9.17) is 15.5 Å². The van der Waals surface area contributed by atoms with Gasteiger partial charge in [0.05, 0.1) is 12.2 Å². The molecule has 0 spiro atoms. The fraction of sp³-hybridized carbons (Fsp3) is 0.300. The van der Waals surface area contributed by atoms with Crippen molar-refractivity contribution in [3.8, 4) is 11.8 Å². The van der Waals surface area contributed by atoms with Gasteiger partial charge in [0, 0.05) is 11.5 Å². The molecule has 0 unspecified atom stereocenters. The van der Waals surface area contributed by atoms with E-state index in [1.165, 1.54) is 0 Å². The van der Waals surface area contributed by atoms with Crippen LogP contribution in [0.25, 0.3) is 10.4 Å². The maximum absolute atomic E-state index is 8.76. The van der Waals surface area contributed by atoms with Gasteiger partial charge in [0.1, 0.15) is 11.8 Å². The zero-order valence-corrected chi connectivity index (χ0v) is 8.13. The molecule has 0 saturated heterocycles. The van der Waals surface area contributed by atoms with Crippen LogP contribution in [-0.2, 0) is 0 Å². The van der Waals surface area contributed by atoms with E-state index < -0.39 is 0 Å². The molecule has 0 bridgehead atoms. The van der Waals surface area contributed by atoms with E-state index in [9.17, 15) is 0 Å². The van der Waals surface area contributed by atoms with Crippen molar-refractivity contribution in [2.75, 3.05) is 13.2 Å². The highest BCUT2D eigenvalue weighted by Crippen LogP contribution is 2.16. The van der Waals surface area contributed by atoms with Gasteiger partial charge in [-0.15, -0.1) is 0 Å². The number of benzene rings is 1. The zero-order chi connectivity index (χ0) is 10.9. The molecule has 0 radical (unpaired) electrons. The van der Waals surface area contributed by atoms with Gasteiger partial charge < -0.3 is 4.74 Å². The normalized spacial score (nSPS) is 8.73. The SMILES string of the molecule is N#Cc1ccccc1OCCCN=[N+]=[N-]. The fourth-order valence-corrected chi connectivity index (χ4v) is 1.05. The van der Waals surface area contributed by atoms with E-state index in [2.05, 4.69) is 10.0 Å². The van der Waals surface area contributed by atoms with Crippen LogP contribution in [0, 0.1) is 11.3 Å². The molecule has 0 aliphatic carbocycles. The molecule has 0 fully saturated rings. The molecule has 0 aliphatic rings. The highest BCUT2D eigenvalue weighted by molar-refractivity contribution is 5.42. The van der Waals surface area contributed by atoms with Crippen LogP contribution in [0.3, 0.4) is 0 Å². The third-order valence-corrected chi connectivity index (χ3v) is 1.73. The molecule has 0 N–H and O–H groups in total. The van der Waals surface area contributed by atoms with E-state index in [0.717, 1.165) is 0 Å². The Balaban J connectivity index is 2.44. The maximum atomic E-state index is 8.76. The number of rotatable bonds is 5. The van der Waals surface area contributed by atoms with Crippen molar-refractivity contribution in [1.29, 1.82) is 5.26 Å². The number of hydrogen-bond donors (Lipinski definition) is 0. The van der Waals surface area contributed by atoms with Crippen molar-refractivity contribution in [2.45, 2.75) is 6.42 Å². The number of hydrogen-bond acceptors (Lipinski definition) is 3. The summed E-state index contributed by atoms with van der Waals surface area (Å²) in [4.78, 5) is 2.63. The molecular weight excluding hydrogens is 192 g/mol. The van der Waals surface area contributed by atoms with Gasteiger partial charge in [-0.3, -0.25) is 0 Å². The molecule has 0 aromatic heterocycles. The van der Waals surface area contributed by atoms with Gasteiger partial charge in [-0.1, -0.05) is 17.2 Å². The number of nitriles is 1. The van der Waals surface area contributed by atoms with Crippen molar-refractivity contribution in [3.05, 3.63) is 40.3 Å². The van der Waals surface area contributed by atoms with Gasteiger partial charge in [0.15, 0.2) is 0 Å². The van der Waals surface area contributed by atoms with Crippen LogP contribution >= 0.6 is 0 Å². The second-order valence-corrected chi connectivity index (χ2v) is 2.76. The zero-order valence-electron chi connectivity index (χ0n) is 8.13. The number of nitrogens with zero attached hydrogens (tertiary/aromatic N) is 4. The predicted octanol–water partition coefficient (Wildman–Crippen LogP) is 2.64. The molecule has 0 atom stereocenters. The summed E-state index contributed by atoms with van der Waals surface area (Å²) in [5.41, 5.74) is 8.55. The Bertz CT molecular complexity index is 404. The lowest BCUT2D eigenvalue weighted by Gasteiger charge is -2.05. The van der Waals surface area contributed by atoms with Crippen LogP contribution in [-0.4, -0.2) is 13.2 Å². The largest absolute Gasteiger partial charge is 0.492 e. The molecule has 76 valence electrons. The molecule has 0 aliphatic heterocycles. The third kappa shape index (κ3) is 3.59. The second kappa shape index (κ2) is 6.30. The van der Waals surface area contributed by atoms with E-state index >= 15 is 0 Å². The highest BCUT2D eigenvalue weighted by atomic mass is 16.5. The molecule has 5 nitrogen and oxygen atoms in total. The average molecular weight is 202 g/mol. The number of azide groups is 1. The number of ether oxygens (including phenoxy) is 1. The van der Waals surface area contributed by atoms with Gasteiger partial charge in [0.25, 0.3) is 0 Å². The molecule has 5 heteroatoms. The summed E-state index contributed by atoms with van der Waals surface area (Å²) in [6.07, 6.45) is 0.643. The summed E-state index contributed by atoms with van der Waals surface area (Å²) in [7, 11) is 0. The van der Waals surface area contributed by atoms with Crippen LogP contribution in [0.1, 0.15) is 12.0 Å². The second-order valence-electron chi connectivity index (χ2n) is 2.76. The Morgan fingerprint density at radius 2 is 2.27 bits per heavy atom. The summed E-state index contributed by atoms with van der Waals surface area (Å²) < 4.78 is 5.37. The fourth-order valence-electron chi connectivity index (χ4n) is 1.05. The van der Waals surface area contributed by atoms with Gasteiger partial charge in [-0.2, -0.15) is 5.26 Å². The van der Waals surface area contributed by atoms with Crippen LogP contribution in [0.4, 0.5) is 0 Å². The van der Waals surface area contributed by atoms with E-state index in [-0.39, 0.29) is 0 Å². The average Bonchev–Trinajstić information content (AvgIpc) is 2.29. The van der Waals surface area contributed by atoms with Crippen molar-refractivity contribution >= 4 is 0 Å². The Morgan fingerprint density at radius 3 is 3.00 bits per heavy atom. The summed E-state index contributed by atoms with van der Waals surface area (Å²) in [5, 5.41) is 12.1. The number of para-hydroxylation sites is 1. The summed E-state index contributed by atoms with van der Waals surface area (Å²) in [5.74, 6) is 0.570. The van der Waals surface area contributed by atoms with E-state index in [1.54, 1.807) is 18.2 Å². The molecule has 0 saturated carbocycles. The Hall–Kier alpha value is -2.18. The van der Waals surface area contributed by atoms with Gasteiger partial charge in [-0.05, 0) is 24.1 Å². The van der Waals surface area contributed by atoms with Gasteiger partial charge >= 0.3 is 0 Å². The first-order chi connectivity index (χ1) is 7.38. The third-order valence-electron chi connectivity index (χ3n) is 1.73. The molecule has 1 rings (SSSR count). The molecule has 0 heterocycles. The Labute approximate surface area is 87.5 Å². The lowest BCUT2D eigenvalue weighted by molar-refractivity contribution is 0.312. The van der Waals surface area contributed by atoms with Crippen LogP contribution < -0.4 is 4.74 Å². The monoisotopic (exact) mass is 202 g/mol. The minimum atomic E-state index is 0.408. The highest BCUT2D eigenvalue weighted by Gasteiger charge is 2.00. The van der Waals surface area contributed by atoms with E-state index in [0.29, 0.717) is 30.9 Å². The summed E-state index contributed by atoms with van der Waals surface area (Å²) >= 11 is 0. The lowest BCUT2D eigenvalue weighted by atomic mass is 10.2. The van der Waals surface area contributed by atoms with Crippen LogP contribution in [0.15, 0.2) is 29.4 Å². The van der Waals surface area contributed by atoms with Crippen molar-refractivity contribution in [1.82, 2.24) is 0 Å². The molecule has 1 aromatic carbocycles. The minimum absolute atomic E-state index is 0.408. The first kappa shape index (κ1) is 10.9. The first-order valence-electron chi connectivity index (χ1n) is 4.51. The van der Waals surface area contributed by atoms with Crippen molar-refractivity contribution in [2.24, 2.45) is 5.11 Å². The van der Waals surface area contributed by atoms with E-state index in [1.807, 2.05) is 12.1 Å². The predicted molar refractivity (Wildman–Crippen MR) is 55.3 cm³/mol. The standard InChI is InChI=1S/C10H10N4O/c11-8-9-4-1-2-5-10(9)15-7-3-6-13-14-12/h1-2,4-5H,3,6-7H2. The summed E-state index contributed by atoms with van der Waals surface area (Å²) in [6.45, 7) is 0.850. The molecular formula is C10H10N4O. The maximum Gasteiger partial charge on any atom is 0.137 e. The first-order valence-corrected chi connectivity index (χ1v) is 4.51. The lowest BCUT2D eigenvalue weighted by Crippen LogP contribution is -2.00. The molecule has 15 heavy (non-hydrogen) atoms. The Kier molecular flexibility index (Phi) is 4.58. The molecule has 0 amide bonds. The van der Waals surface area contributed by atoms with Crippen molar-refractivity contribution < 1.29 is 4.74 Å². The topological polar surface area (TPSA) is 81.8 Å². The summed E-state index contributed by atoms with van der Waals surface area (Å²) in [6, 6.07) is 9.07. The van der Waals surface area contributed by atoms with Crippen LogP contribution in [0.2, 0.25) is 0 Å². The van der Waals surface area contributed by atoms with Gasteiger partial charge in [-0.25, -0.2) is 0 Å². The molecule has 1 aromatic rings.